The molecule has 0 radical (unpaired) electrons. The molecule has 0 bridgehead atoms. The number of aromatic nitrogens is 2. The lowest BCUT2D eigenvalue weighted by Gasteiger charge is -2.03. The third-order valence-corrected chi connectivity index (χ3v) is 3.88. The lowest BCUT2D eigenvalue weighted by atomic mass is 10.1. The van der Waals surface area contributed by atoms with Crippen LogP contribution in [0.15, 0.2) is 30.3 Å². The molecule has 0 aliphatic rings. The van der Waals surface area contributed by atoms with E-state index in [1.807, 2.05) is 25.1 Å². The maximum absolute atomic E-state index is 10.0. The fourth-order valence-electron chi connectivity index (χ4n) is 2.26. The molecular formula is C17H11Cl2N3O. The van der Waals surface area contributed by atoms with E-state index in [0.717, 1.165) is 16.6 Å². The van der Waals surface area contributed by atoms with Crippen LogP contribution in [0.25, 0.3) is 22.7 Å². The second-order valence-corrected chi connectivity index (χ2v) is 5.94. The highest BCUT2D eigenvalue weighted by Gasteiger charge is 2.11. The smallest absolute Gasteiger partial charge is 0.149 e. The molecule has 3 rings (SSSR count). The lowest BCUT2D eigenvalue weighted by Crippen LogP contribution is -1.86. The summed E-state index contributed by atoms with van der Waals surface area (Å²) in [5, 5.41) is 19.9. The van der Waals surface area contributed by atoms with Crippen molar-refractivity contribution in [3.63, 3.8) is 0 Å². The van der Waals surface area contributed by atoms with Crippen LogP contribution in [-0.2, 0) is 0 Å². The molecule has 0 amide bonds. The van der Waals surface area contributed by atoms with Crippen molar-refractivity contribution in [2.24, 2.45) is 0 Å². The van der Waals surface area contributed by atoms with Crippen LogP contribution in [0.2, 0.25) is 10.0 Å². The van der Waals surface area contributed by atoms with Gasteiger partial charge in [0.1, 0.15) is 17.6 Å². The Balaban J connectivity index is 2.13. The minimum atomic E-state index is -0.129. The van der Waals surface area contributed by atoms with Gasteiger partial charge >= 0.3 is 0 Å². The number of benzene rings is 2. The fourth-order valence-corrected chi connectivity index (χ4v) is 2.77. The molecule has 2 aromatic carbocycles. The Morgan fingerprint density at radius 2 is 2.09 bits per heavy atom. The number of aromatic hydroxyl groups is 1. The Morgan fingerprint density at radius 1 is 1.30 bits per heavy atom. The first-order valence-electron chi connectivity index (χ1n) is 6.74. The Hall–Kier alpha value is -2.48. The van der Waals surface area contributed by atoms with Gasteiger partial charge in [0.25, 0.3) is 0 Å². The molecule has 6 heteroatoms. The number of nitriles is 1. The number of imidazole rings is 1. The molecule has 1 heterocycles. The van der Waals surface area contributed by atoms with E-state index in [1.54, 1.807) is 0 Å². The predicted molar refractivity (Wildman–Crippen MR) is 92.4 cm³/mol. The number of phenolic OH excluding ortho intramolecular Hbond substituents is 1. The molecule has 0 spiro atoms. The van der Waals surface area contributed by atoms with Gasteiger partial charge in [0, 0.05) is 10.6 Å². The van der Waals surface area contributed by atoms with Crippen LogP contribution in [0.1, 0.15) is 17.0 Å². The molecule has 0 fully saturated rings. The van der Waals surface area contributed by atoms with E-state index in [9.17, 15) is 10.4 Å². The van der Waals surface area contributed by atoms with Crippen LogP contribution in [0, 0.1) is 18.3 Å². The molecule has 23 heavy (non-hydrogen) atoms. The van der Waals surface area contributed by atoms with Gasteiger partial charge in [-0.2, -0.15) is 5.26 Å². The van der Waals surface area contributed by atoms with E-state index in [4.69, 9.17) is 23.2 Å². The van der Waals surface area contributed by atoms with Crippen LogP contribution < -0.4 is 0 Å². The van der Waals surface area contributed by atoms with E-state index < -0.39 is 0 Å². The Kier molecular flexibility index (Phi) is 3.99. The molecule has 0 aliphatic heterocycles. The van der Waals surface area contributed by atoms with Crippen molar-refractivity contribution in [3.05, 3.63) is 57.3 Å². The lowest BCUT2D eigenvalue weighted by molar-refractivity contribution is 0.474. The quantitative estimate of drug-likeness (QED) is 0.646. The number of aromatic amines is 1. The summed E-state index contributed by atoms with van der Waals surface area (Å²) < 4.78 is 0. The zero-order valence-electron chi connectivity index (χ0n) is 12.1. The van der Waals surface area contributed by atoms with E-state index in [-0.39, 0.29) is 16.3 Å². The molecule has 0 aliphatic carbocycles. The van der Waals surface area contributed by atoms with Gasteiger partial charge in [0.2, 0.25) is 0 Å². The van der Waals surface area contributed by atoms with Gasteiger partial charge in [-0.25, -0.2) is 4.98 Å². The van der Waals surface area contributed by atoms with Crippen LogP contribution in [0.5, 0.6) is 5.75 Å². The number of phenols is 1. The summed E-state index contributed by atoms with van der Waals surface area (Å²) in [6.45, 7) is 1.98. The van der Waals surface area contributed by atoms with Crippen molar-refractivity contribution >= 4 is 45.9 Å². The molecule has 1 aromatic heterocycles. The molecule has 4 nitrogen and oxygen atoms in total. The summed E-state index contributed by atoms with van der Waals surface area (Å²) >= 11 is 11.8. The number of H-pyrrole nitrogens is 1. The highest BCUT2D eigenvalue weighted by molar-refractivity contribution is 6.35. The topological polar surface area (TPSA) is 72.7 Å². The number of nitrogens with zero attached hydrogens (tertiary/aromatic N) is 2. The van der Waals surface area contributed by atoms with Gasteiger partial charge in [0.05, 0.1) is 21.6 Å². The number of halogens is 2. The van der Waals surface area contributed by atoms with Gasteiger partial charge in [-0.05, 0) is 42.8 Å². The monoisotopic (exact) mass is 343 g/mol. The minimum absolute atomic E-state index is 0.126. The molecule has 0 saturated heterocycles. The number of nitrogens with one attached hydrogen (secondary N) is 1. The first-order chi connectivity index (χ1) is 11.0. The highest BCUT2D eigenvalue weighted by Crippen LogP contribution is 2.33. The number of rotatable bonds is 2. The van der Waals surface area contributed by atoms with Crippen molar-refractivity contribution in [3.8, 4) is 11.8 Å². The van der Waals surface area contributed by atoms with Gasteiger partial charge in [0.15, 0.2) is 0 Å². The van der Waals surface area contributed by atoms with E-state index in [1.165, 1.54) is 18.2 Å². The van der Waals surface area contributed by atoms with Crippen LogP contribution in [-0.4, -0.2) is 15.1 Å². The SMILES string of the molecule is Cc1ccc2nc(C(C#N)=Cc3cc(Cl)cc(Cl)c3O)[nH]c2c1. The Morgan fingerprint density at radius 3 is 2.83 bits per heavy atom. The zero-order valence-corrected chi connectivity index (χ0v) is 13.6. The average molecular weight is 344 g/mol. The minimum Gasteiger partial charge on any atom is -0.506 e. The Bertz CT molecular complexity index is 983. The van der Waals surface area contributed by atoms with Crippen LogP contribution in [0.4, 0.5) is 0 Å². The summed E-state index contributed by atoms with van der Waals surface area (Å²) in [6, 6.07) is 10.8. The van der Waals surface area contributed by atoms with Crippen molar-refractivity contribution in [2.45, 2.75) is 6.92 Å². The normalized spacial score (nSPS) is 11.7. The van der Waals surface area contributed by atoms with E-state index >= 15 is 0 Å². The molecule has 114 valence electrons. The van der Waals surface area contributed by atoms with E-state index in [0.29, 0.717) is 16.4 Å². The maximum atomic E-state index is 10.0. The third kappa shape index (κ3) is 3.02. The predicted octanol–water partition coefficient (Wildman–Crippen LogP) is 4.95. The number of hydrogen-bond donors (Lipinski definition) is 2. The molecule has 0 saturated carbocycles. The third-order valence-electron chi connectivity index (χ3n) is 3.37. The van der Waals surface area contributed by atoms with Crippen molar-refractivity contribution in [1.29, 1.82) is 5.26 Å². The largest absolute Gasteiger partial charge is 0.506 e. The van der Waals surface area contributed by atoms with Gasteiger partial charge in [-0.15, -0.1) is 0 Å². The zero-order chi connectivity index (χ0) is 16.6. The Labute approximate surface area is 142 Å². The summed E-state index contributed by atoms with van der Waals surface area (Å²) in [5.74, 6) is 0.291. The summed E-state index contributed by atoms with van der Waals surface area (Å²) in [5.41, 5.74) is 3.33. The maximum Gasteiger partial charge on any atom is 0.149 e. The fraction of sp³-hybridized carbons (Fsp3) is 0.0588. The second kappa shape index (κ2) is 5.96. The molecule has 2 N–H and O–H groups in total. The highest BCUT2D eigenvalue weighted by atomic mass is 35.5. The first kappa shape index (κ1) is 15.4. The van der Waals surface area contributed by atoms with Crippen molar-refractivity contribution in [2.75, 3.05) is 0 Å². The molecule has 0 atom stereocenters. The summed E-state index contributed by atoms with van der Waals surface area (Å²) in [7, 11) is 0. The first-order valence-corrected chi connectivity index (χ1v) is 7.50. The summed E-state index contributed by atoms with van der Waals surface area (Å²) in [4.78, 5) is 7.51. The molecular weight excluding hydrogens is 333 g/mol. The number of allylic oxidation sites excluding steroid dienone is 1. The van der Waals surface area contributed by atoms with Gasteiger partial charge < -0.3 is 10.1 Å². The molecule has 3 aromatic rings. The number of hydrogen-bond acceptors (Lipinski definition) is 3. The number of fused-ring (bicyclic) bond motifs is 1. The number of aryl methyl sites for hydroxylation is 1. The molecule has 0 unspecified atom stereocenters. The van der Waals surface area contributed by atoms with Crippen molar-refractivity contribution in [1.82, 2.24) is 9.97 Å². The van der Waals surface area contributed by atoms with E-state index in [2.05, 4.69) is 16.0 Å². The van der Waals surface area contributed by atoms with Crippen molar-refractivity contribution < 1.29 is 5.11 Å². The van der Waals surface area contributed by atoms with Crippen LogP contribution in [0.3, 0.4) is 0 Å². The van der Waals surface area contributed by atoms with Gasteiger partial charge in [-0.3, -0.25) is 0 Å². The van der Waals surface area contributed by atoms with Crippen LogP contribution >= 0.6 is 23.2 Å². The standard InChI is InChI=1S/C17H11Cl2N3O/c1-9-2-3-14-15(4-9)22-17(21-14)11(8-20)5-10-6-12(18)7-13(19)16(10)23/h2-7,23H,1H3,(H,21,22). The summed E-state index contributed by atoms with van der Waals surface area (Å²) in [6.07, 6.45) is 1.50. The second-order valence-electron chi connectivity index (χ2n) is 5.10. The average Bonchev–Trinajstić information content (AvgIpc) is 2.92. The van der Waals surface area contributed by atoms with Gasteiger partial charge in [-0.1, -0.05) is 29.3 Å².